The quantitative estimate of drug-likeness (QED) is 0.636. The third kappa shape index (κ3) is 4.12. The van der Waals surface area contributed by atoms with Gasteiger partial charge in [0.05, 0.1) is 6.20 Å². The molecule has 0 aliphatic carbocycles. The minimum atomic E-state index is -0.555. The topological polar surface area (TPSA) is 123 Å². The highest BCUT2D eigenvalue weighted by Gasteiger charge is 2.23. The summed E-state index contributed by atoms with van der Waals surface area (Å²) in [5, 5.41) is 4.25. The number of primary amides is 1. The largest absolute Gasteiger partial charge is 0.365 e. The van der Waals surface area contributed by atoms with Crippen LogP contribution in [0.4, 0.5) is 5.82 Å². The molecule has 1 aliphatic rings. The van der Waals surface area contributed by atoms with Crippen LogP contribution in [0.3, 0.4) is 0 Å². The summed E-state index contributed by atoms with van der Waals surface area (Å²) in [5.41, 5.74) is 9.73. The van der Waals surface area contributed by atoms with Crippen molar-refractivity contribution in [3.63, 3.8) is 0 Å². The predicted octanol–water partition coefficient (Wildman–Crippen LogP) is 1.13. The number of fused-ring (bicyclic) bond motifs is 1. The number of nitrogens with two attached hydrogens (primary N) is 1. The zero-order chi connectivity index (χ0) is 23.0. The molecule has 0 unspecified atom stereocenters. The van der Waals surface area contributed by atoms with E-state index in [2.05, 4.69) is 25.0 Å². The summed E-state index contributed by atoms with van der Waals surface area (Å²) in [4.78, 5) is 42.0. The van der Waals surface area contributed by atoms with Gasteiger partial charge in [-0.15, -0.1) is 0 Å². The Morgan fingerprint density at radius 1 is 1.03 bits per heavy atom. The van der Waals surface area contributed by atoms with Crippen LogP contribution in [-0.2, 0) is 11.2 Å². The third-order valence-electron chi connectivity index (χ3n) is 5.97. The van der Waals surface area contributed by atoms with E-state index in [1.807, 2.05) is 38.7 Å². The van der Waals surface area contributed by atoms with Crippen LogP contribution in [-0.4, -0.2) is 67.5 Å². The first-order valence-electron chi connectivity index (χ1n) is 10.7. The molecule has 4 heterocycles. The van der Waals surface area contributed by atoms with Gasteiger partial charge in [-0.3, -0.25) is 9.59 Å². The minimum Gasteiger partial charge on any atom is -0.365 e. The number of hydrogen-bond acceptors (Lipinski definition) is 7. The molecule has 0 spiro atoms. The van der Waals surface area contributed by atoms with Gasteiger partial charge in [0.1, 0.15) is 17.2 Å². The highest BCUT2D eigenvalue weighted by molar-refractivity contribution is 5.98. The second kappa shape index (κ2) is 8.52. The van der Waals surface area contributed by atoms with E-state index in [0.717, 1.165) is 47.4 Å². The minimum absolute atomic E-state index is 0.122. The van der Waals surface area contributed by atoms with Gasteiger partial charge in [-0.1, -0.05) is 0 Å². The SMILES string of the molecule is Cc1cc(N2CCN(C(=O)CCc3c(C)nc4c(C(N)=O)cnn4c3C)CC2)nc(C)n1. The van der Waals surface area contributed by atoms with Gasteiger partial charge in [0.15, 0.2) is 5.65 Å². The Bertz CT molecular complexity index is 1170. The van der Waals surface area contributed by atoms with Crippen molar-refractivity contribution in [2.75, 3.05) is 31.1 Å². The maximum absolute atomic E-state index is 12.9. The Morgan fingerprint density at radius 3 is 2.41 bits per heavy atom. The van der Waals surface area contributed by atoms with Gasteiger partial charge in [0.2, 0.25) is 5.91 Å². The molecule has 1 saturated heterocycles. The number of amides is 2. The zero-order valence-corrected chi connectivity index (χ0v) is 18.9. The lowest BCUT2D eigenvalue weighted by Gasteiger charge is -2.35. The van der Waals surface area contributed by atoms with E-state index in [-0.39, 0.29) is 5.91 Å². The van der Waals surface area contributed by atoms with Crippen LogP contribution in [0.2, 0.25) is 0 Å². The van der Waals surface area contributed by atoms with Crippen LogP contribution < -0.4 is 10.6 Å². The number of nitrogens with zero attached hydrogens (tertiary/aromatic N) is 7. The van der Waals surface area contributed by atoms with Crippen molar-refractivity contribution < 1.29 is 9.59 Å². The molecule has 10 nitrogen and oxygen atoms in total. The van der Waals surface area contributed by atoms with Crippen LogP contribution in [0.15, 0.2) is 12.3 Å². The third-order valence-corrected chi connectivity index (χ3v) is 5.97. The van der Waals surface area contributed by atoms with E-state index >= 15 is 0 Å². The fourth-order valence-corrected chi connectivity index (χ4v) is 4.28. The molecular formula is C22H28N8O2. The van der Waals surface area contributed by atoms with Crippen LogP contribution in [0.1, 0.15) is 45.2 Å². The number of aryl methyl sites for hydroxylation is 4. The summed E-state index contributed by atoms with van der Waals surface area (Å²) in [6, 6.07) is 1.98. The molecule has 0 bridgehead atoms. The van der Waals surface area contributed by atoms with Crippen molar-refractivity contribution in [3.8, 4) is 0 Å². The Labute approximate surface area is 186 Å². The lowest BCUT2D eigenvalue weighted by Crippen LogP contribution is -2.49. The molecule has 1 fully saturated rings. The van der Waals surface area contributed by atoms with Crippen molar-refractivity contribution in [2.45, 2.75) is 40.5 Å². The van der Waals surface area contributed by atoms with Crippen molar-refractivity contribution in [2.24, 2.45) is 5.73 Å². The van der Waals surface area contributed by atoms with Gasteiger partial charge < -0.3 is 15.5 Å². The highest BCUT2D eigenvalue weighted by Crippen LogP contribution is 2.20. The number of hydrogen-bond donors (Lipinski definition) is 1. The first kappa shape index (κ1) is 21.7. The standard InChI is InChI=1S/C22H28N8O2/c1-13-11-19(27-16(4)25-13)28-7-9-29(10-8-28)20(31)6-5-17-14(2)26-22-18(21(23)32)12-24-30(22)15(17)3/h11-12H,5-10H2,1-4H3,(H2,23,32). The first-order chi connectivity index (χ1) is 15.2. The fraction of sp³-hybridized carbons (Fsp3) is 0.455. The van der Waals surface area contributed by atoms with Gasteiger partial charge in [-0.25, -0.2) is 19.5 Å². The molecular weight excluding hydrogens is 408 g/mol. The molecule has 2 amide bonds. The molecule has 1 aliphatic heterocycles. The highest BCUT2D eigenvalue weighted by atomic mass is 16.2. The fourth-order valence-electron chi connectivity index (χ4n) is 4.28. The smallest absolute Gasteiger partial charge is 0.254 e. The molecule has 2 N–H and O–H groups in total. The van der Waals surface area contributed by atoms with Gasteiger partial charge in [-0.05, 0) is 39.7 Å². The summed E-state index contributed by atoms with van der Waals surface area (Å²) in [7, 11) is 0. The van der Waals surface area contributed by atoms with Crippen LogP contribution in [0.5, 0.6) is 0 Å². The van der Waals surface area contributed by atoms with Gasteiger partial charge in [-0.2, -0.15) is 5.10 Å². The van der Waals surface area contributed by atoms with E-state index in [0.29, 0.717) is 37.1 Å². The predicted molar refractivity (Wildman–Crippen MR) is 120 cm³/mol. The number of aromatic nitrogens is 5. The number of rotatable bonds is 5. The first-order valence-corrected chi connectivity index (χ1v) is 10.7. The number of carbonyl (C=O) groups is 2. The average molecular weight is 437 g/mol. The van der Waals surface area contributed by atoms with Crippen molar-refractivity contribution >= 4 is 23.3 Å². The van der Waals surface area contributed by atoms with Gasteiger partial charge >= 0.3 is 0 Å². The molecule has 3 aromatic heterocycles. The maximum Gasteiger partial charge on any atom is 0.254 e. The molecule has 168 valence electrons. The van der Waals surface area contributed by atoms with Crippen LogP contribution in [0.25, 0.3) is 5.65 Å². The summed E-state index contributed by atoms with van der Waals surface area (Å²) in [6.45, 7) is 10.5. The van der Waals surface area contributed by atoms with Crippen molar-refractivity contribution in [1.29, 1.82) is 0 Å². The average Bonchev–Trinajstić information content (AvgIpc) is 3.17. The summed E-state index contributed by atoms with van der Waals surface area (Å²) < 4.78 is 1.62. The van der Waals surface area contributed by atoms with E-state index < -0.39 is 5.91 Å². The molecule has 3 aromatic rings. The Morgan fingerprint density at radius 2 is 1.75 bits per heavy atom. The number of anilines is 1. The Balaban J connectivity index is 1.40. The van der Waals surface area contributed by atoms with Crippen LogP contribution >= 0.6 is 0 Å². The van der Waals surface area contributed by atoms with E-state index in [9.17, 15) is 9.59 Å². The van der Waals surface area contributed by atoms with E-state index in [1.165, 1.54) is 6.20 Å². The summed E-state index contributed by atoms with van der Waals surface area (Å²) in [5.74, 6) is 1.25. The van der Waals surface area contributed by atoms with E-state index in [1.54, 1.807) is 4.52 Å². The zero-order valence-electron chi connectivity index (χ0n) is 18.9. The molecule has 32 heavy (non-hydrogen) atoms. The Kier molecular flexibility index (Phi) is 5.77. The second-order valence-electron chi connectivity index (χ2n) is 8.20. The summed E-state index contributed by atoms with van der Waals surface area (Å²) in [6.07, 6.45) is 2.40. The molecule has 0 atom stereocenters. The number of carbonyl (C=O) groups excluding carboxylic acids is 2. The van der Waals surface area contributed by atoms with E-state index in [4.69, 9.17) is 5.73 Å². The van der Waals surface area contributed by atoms with Crippen molar-refractivity contribution in [3.05, 3.63) is 46.3 Å². The summed E-state index contributed by atoms with van der Waals surface area (Å²) >= 11 is 0. The molecule has 0 aromatic carbocycles. The molecule has 0 saturated carbocycles. The molecule has 0 radical (unpaired) electrons. The van der Waals surface area contributed by atoms with Crippen LogP contribution in [0, 0.1) is 27.7 Å². The van der Waals surface area contributed by atoms with Gasteiger partial charge in [0, 0.05) is 55.7 Å². The van der Waals surface area contributed by atoms with Crippen molar-refractivity contribution in [1.82, 2.24) is 29.5 Å². The molecule has 10 heteroatoms. The van der Waals surface area contributed by atoms with Gasteiger partial charge in [0.25, 0.3) is 5.91 Å². The molecule has 4 rings (SSSR count). The number of piperazine rings is 1. The Hall–Kier alpha value is -3.56. The normalized spacial score (nSPS) is 14.2. The monoisotopic (exact) mass is 436 g/mol. The lowest BCUT2D eigenvalue weighted by atomic mass is 10.1. The maximum atomic E-state index is 12.9. The second-order valence-corrected chi connectivity index (χ2v) is 8.20. The lowest BCUT2D eigenvalue weighted by molar-refractivity contribution is -0.131.